The molecule has 1 saturated heterocycles. The molecule has 0 bridgehead atoms. The second-order valence-corrected chi connectivity index (χ2v) is 25.2. The Morgan fingerprint density at radius 2 is 1.07 bits per heavy atom. The molecule has 31 nitrogen and oxygen atoms in total. The number of nitrogens with one attached hydrogen (secondary N) is 5. The lowest BCUT2D eigenvalue weighted by atomic mass is 9.86. The van der Waals surface area contributed by atoms with Crippen molar-refractivity contribution in [1.82, 2.24) is 31.5 Å². The molecular weight excluding hydrogens is 1290 g/mol. The van der Waals surface area contributed by atoms with Gasteiger partial charge in [0.2, 0.25) is 47.3 Å². The van der Waals surface area contributed by atoms with Crippen LogP contribution in [-0.2, 0) is 84.8 Å². The first-order chi connectivity index (χ1) is 45.6. The van der Waals surface area contributed by atoms with Gasteiger partial charge in [-0.2, -0.15) is 12.6 Å². The molecule has 97 heavy (non-hydrogen) atoms. The van der Waals surface area contributed by atoms with Crippen LogP contribution < -0.4 is 49.5 Å². The van der Waals surface area contributed by atoms with Crippen molar-refractivity contribution in [2.24, 2.45) is 63.4 Å². The van der Waals surface area contributed by atoms with Gasteiger partial charge < -0.3 is 80.0 Å². The molecule has 1 fully saturated rings. The number of aromatic hydroxyl groups is 2. The van der Waals surface area contributed by atoms with Crippen LogP contribution >= 0.6 is 12.6 Å². The number of hydrogen-bond acceptors (Lipinski definition) is 20. The number of phenolic OH excluding ortho intramolecular Hbond substituents is 2. The van der Waals surface area contributed by atoms with Gasteiger partial charge >= 0.3 is 11.9 Å². The van der Waals surface area contributed by atoms with Crippen molar-refractivity contribution in [1.29, 1.82) is 0 Å². The molecule has 8 amide bonds. The third-order valence-corrected chi connectivity index (χ3v) is 16.7. The molecule has 18 N–H and O–H groups in total. The van der Waals surface area contributed by atoms with Crippen LogP contribution in [0, 0.1) is 35.5 Å². The molecule has 32 heteroatoms. The number of carboxylic acid groups (broad SMARTS) is 2. The fourth-order valence-corrected chi connectivity index (χ4v) is 11.3. The van der Waals surface area contributed by atoms with Crippen molar-refractivity contribution in [3.8, 4) is 11.5 Å². The molecule has 0 radical (unpaired) electrons. The number of hydrogen-bond donors (Lipinski definition) is 15. The van der Waals surface area contributed by atoms with Crippen molar-refractivity contribution >= 4 is 107 Å². The number of aliphatic hydroxyl groups is 1. The van der Waals surface area contributed by atoms with Crippen molar-refractivity contribution in [2.75, 3.05) is 25.4 Å². The van der Waals surface area contributed by atoms with Crippen LogP contribution in [-0.4, -0.2) is 186 Å². The largest absolute Gasteiger partial charge is 0.508 e. The molecule has 0 aliphatic carbocycles. The number of carbonyl (C=O) groups excluding carboxylic acids is 13. The van der Waals surface area contributed by atoms with E-state index in [4.69, 9.17) is 22.9 Å². The number of benzene rings is 2. The Bertz CT molecular complexity index is 3160. The second kappa shape index (κ2) is 40.9. The zero-order valence-electron chi connectivity index (χ0n) is 54.9. The Morgan fingerprint density at radius 1 is 0.557 bits per heavy atom. The third kappa shape index (κ3) is 29.3. The molecular formula is C65H93N11O20S. The molecule has 3 rings (SSSR count). The lowest BCUT2D eigenvalue weighted by Gasteiger charge is -2.30. The summed E-state index contributed by atoms with van der Waals surface area (Å²) in [5, 5.41) is 60.9. The van der Waals surface area contributed by atoms with E-state index in [0.717, 1.165) is 4.90 Å². The van der Waals surface area contributed by atoms with Crippen LogP contribution in [0.1, 0.15) is 135 Å². The van der Waals surface area contributed by atoms with Crippen molar-refractivity contribution in [3.63, 3.8) is 0 Å². The summed E-state index contributed by atoms with van der Waals surface area (Å²) in [5.41, 5.74) is 22.8. The van der Waals surface area contributed by atoms with E-state index < -0.39 is 207 Å². The van der Waals surface area contributed by atoms with Gasteiger partial charge in [0.15, 0.2) is 29.1 Å². The maximum atomic E-state index is 14.4. The smallest absolute Gasteiger partial charge is 0.305 e. The quantitative estimate of drug-likeness (QED) is 0.0169. The van der Waals surface area contributed by atoms with Gasteiger partial charge in [-0.15, -0.1) is 0 Å². The second-order valence-electron chi connectivity index (χ2n) is 24.9. The highest BCUT2D eigenvalue weighted by molar-refractivity contribution is 7.80. The average Bonchev–Trinajstić information content (AvgIpc) is 1.84. The number of aliphatic imine (C=N–C) groups is 1. The molecule has 0 unspecified atom stereocenters. The van der Waals surface area contributed by atoms with E-state index in [-0.39, 0.29) is 98.9 Å². The Balaban J connectivity index is 1.76. The van der Waals surface area contributed by atoms with E-state index in [1.807, 2.05) is 13.8 Å². The predicted molar refractivity (Wildman–Crippen MR) is 352 cm³/mol. The van der Waals surface area contributed by atoms with E-state index in [2.05, 4.69) is 44.2 Å². The number of nitrogens with two attached hydrogens (primary N) is 4. The minimum absolute atomic E-state index is 0.0198. The number of rotatable bonds is 46. The highest BCUT2D eigenvalue weighted by Gasteiger charge is 2.41. The van der Waals surface area contributed by atoms with Crippen molar-refractivity contribution in [2.45, 2.75) is 173 Å². The first-order valence-electron chi connectivity index (χ1n) is 31.9. The highest BCUT2D eigenvalue weighted by atomic mass is 32.1. The van der Waals surface area contributed by atoms with Gasteiger partial charge in [0, 0.05) is 93.4 Å². The molecule has 534 valence electrons. The fourth-order valence-electron chi connectivity index (χ4n) is 11.0. The summed E-state index contributed by atoms with van der Waals surface area (Å²) in [4.78, 5) is 205. The number of ketones is 5. The maximum Gasteiger partial charge on any atom is 0.305 e. The number of carbonyl (C=O) groups is 15. The topological polar surface area (TPSA) is 537 Å². The van der Waals surface area contributed by atoms with Crippen molar-refractivity contribution < 1.29 is 97.5 Å². The standard InChI is InChI=1S/C65H93N11O20S/c1-34(2)23-35(3)51(81)28-40(25-37-9-14-42(78)15-10-37)61(93)72-44(7-5-21-70-65(68)69)52(82)24-36(4)60(92)73-45(30-55(66)85)50(80)18-19-56(86)71-46(31-58(89)90)53(83)27-39(13-20-57(87)88)64(96)76-22-6-8-49(76)63(95)75-48(33-97)54(84)29-41(26-38-11-16-43(79)17-12-38)62(94)74-47(32-77)59(67)91/h9-12,14-17,34-36,39-41,44-49,77-79,97H,5-8,13,18-33H2,1-4H3,(H2,66,85)(H2,67,91)(H,71,86)(H,72,93)(H,73,92)(H,74,94)(H,75,95)(H,87,88)(H,89,90)(H4,68,69,70)/t35-,36+,39+,40+,41+,44-,45-,46-,47-,48-,49-/m0/s1. The van der Waals surface area contributed by atoms with Crippen LogP contribution in [0.15, 0.2) is 53.5 Å². The van der Waals surface area contributed by atoms with Gasteiger partial charge in [-0.25, -0.2) is 0 Å². The molecule has 11 atom stereocenters. The monoisotopic (exact) mass is 1380 g/mol. The number of aliphatic carboxylic acids is 2. The Kier molecular flexibility index (Phi) is 34.6. The summed E-state index contributed by atoms with van der Waals surface area (Å²) >= 11 is 4.24. The lowest BCUT2D eigenvalue weighted by molar-refractivity contribution is -0.145. The number of guanidine groups is 1. The summed E-state index contributed by atoms with van der Waals surface area (Å²) < 4.78 is 0. The highest BCUT2D eigenvalue weighted by Crippen LogP contribution is 2.27. The molecule has 1 aliphatic heterocycles. The first kappa shape index (κ1) is 81.9. The molecule has 0 aromatic heterocycles. The van der Waals surface area contributed by atoms with Gasteiger partial charge in [0.25, 0.3) is 0 Å². The summed E-state index contributed by atoms with van der Waals surface area (Å²) in [5.74, 6) is -19.8. The number of likely N-dealkylation sites (tertiary alicyclic amines) is 1. The maximum absolute atomic E-state index is 14.4. The molecule has 1 heterocycles. The van der Waals surface area contributed by atoms with E-state index in [0.29, 0.717) is 17.5 Å². The Morgan fingerprint density at radius 3 is 1.58 bits per heavy atom. The number of nitrogens with zero attached hydrogens (tertiary/aromatic N) is 2. The van der Waals surface area contributed by atoms with Crippen LogP contribution in [0.4, 0.5) is 0 Å². The SMILES string of the molecule is CC(C)C[C@H](C)C(=O)C[C@@H](Cc1ccc(O)cc1)C(=O)N[C@@H](CCCN=C(N)N)C(=O)C[C@@H](C)C(=O)N[C@@H](CC(N)=O)C(=O)CCC(=O)N[C@@H](CC(=O)O)C(=O)C[C@@H](CCC(=O)O)C(=O)N1CCC[C@H]1C(=O)N[C@@H](CS)C(=O)C[C@@H](Cc1ccc(O)cc1)C(=O)N[C@@H](CO)C(N)=O. The summed E-state index contributed by atoms with van der Waals surface area (Å²) in [6.45, 7) is 6.11. The zero-order chi connectivity index (χ0) is 72.8. The van der Waals surface area contributed by atoms with E-state index in [9.17, 15) is 97.5 Å². The Hall–Kier alpha value is -9.33. The van der Waals surface area contributed by atoms with Gasteiger partial charge in [-0.1, -0.05) is 52.0 Å². The van der Waals surface area contributed by atoms with E-state index >= 15 is 0 Å². The number of primary amides is 2. The molecule has 0 saturated carbocycles. The molecule has 0 spiro atoms. The van der Waals surface area contributed by atoms with Gasteiger partial charge in [0.05, 0.1) is 43.6 Å². The van der Waals surface area contributed by atoms with E-state index in [1.54, 1.807) is 19.1 Å². The Labute approximate surface area is 566 Å². The molecule has 2 aromatic rings. The molecule has 1 aliphatic rings. The van der Waals surface area contributed by atoms with E-state index in [1.165, 1.54) is 43.3 Å². The third-order valence-electron chi connectivity index (χ3n) is 16.3. The first-order valence-corrected chi connectivity index (χ1v) is 32.5. The number of amides is 8. The summed E-state index contributed by atoms with van der Waals surface area (Å²) in [6.07, 6.45) is -5.80. The van der Waals surface area contributed by atoms with Crippen LogP contribution in [0.2, 0.25) is 0 Å². The van der Waals surface area contributed by atoms with Crippen LogP contribution in [0.5, 0.6) is 11.5 Å². The number of phenols is 2. The lowest BCUT2D eigenvalue weighted by Crippen LogP contribution is -2.53. The number of carboxylic acids is 2. The van der Waals surface area contributed by atoms with Gasteiger partial charge in [-0.3, -0.25) is 76.9 Å². The summed E-state index contributed by atoms with van der Waals surface area (Å²) in [6, 6.07) is 2.69. The van der Waals surface area contributed by atoms with Gasteiger partial charge in [-0.05, 0) is 92.7 Å². The molecule has 2 aromatic carbocycles. The number of Topliss-reactive ketones (excluding diaryl/α,β-unsaturated/α-hetero) is 5. The fraction of sp³-hybridized carbons (Fsp3) is 0.569. The predicted octanol–water partition coefficient (Wildman–Crippen LogP) is -0.673. The minimum atomic E-state index is -1.88. The zero-order valence-corrected chi connectivity index (χ0v) is 55.8. The van der Waals surface area contributed by atoms with Crippen LogP contribution in [0.3, 0.4) is 0 Å². The number of thiol groups is 1. The van der Waals surface area contributed by atoms with Crippen molar-refractivity contribution in [3.05, 3.63) is 59.7 Å². The summed E-state index contributed by atoms with van der Waals surface area (Å²) in [7, 11) is 0. The van der Waals surface area contributed by atoms with Gasteiger partial charge in [0.1, 0.15) is 29.4 Å². The number of aliphatic hydroxyl groups excluding tert-OH is 1. The van der Waals surface area contributed by atoms with Crippen LogP contribution in [0.25, 0.3) is 0 Å². The normalized spacial score (nSPS) is 15.8. The minimum Gasteiger partial charge on any atom is -0.508 e. The average molecular weight is 1380 g/mol.